The topological polar surface area (TPSA) is 49.4 Å². The smallest absolute Gasteiger partial charge is 0.261 e. The maximum atomic E-state index is 12.2. The third-order valence-corrected chi connectivity index (χ3v) is 4.07. The highest BCUT2D eigenvalue weighted by Crippen LogP contribution is 2.25. The van der Waals surface area contributed by atoms with Gasteiger partial charge in [0.1, 0.15) is 0 Å². The van der Waals surface area contributed by atoms with Gasteiger partial charge in [-0.25, -0.2) is 0 Å². The molecule has 0 bridgehead atoms. The molecule has 0 fully saturated rings. The largest absolute Gasteiger partial charge is 0.315 e. The lowest BCUT2D eigenvalue weighted by atomic mass is 10.1. The highest BCUT2D eigenvalue weighted by molar-refractivity contribution is 9.10. The zero-order valence-electron chi connectivity index (χ0n) is 12.5. The Morgan fingerprint density at radius 2 is 1.86 bits per heavy atom. The van der Waals surface area contributed by atoms with Crippen molar-refractivity contribution >= 4 is 27.7 Å². The number of amides is 2. The number of hydrogen-bond acceptors (Lipinski definition) is 3. The number of hydrogen-bond donors (Lipinski definition) is 1. The van der Waals surface area contributed by atoms with Crippen LogP contribution in [0.4, 0.5) is 0 Å². The monoisotopic (exact) mass is 352 g/mol. The number of fused-ring (bicyclic) bond motifs is 1. The second-order valence-corrected chi connectivity index (χ2v) is 6.65. The van der Waals surface area contributed by atoms with Gasteiger partial charge in [0.15, 0.2) is 0 Å². The molecule has 21 heavy (non-hydrogen) atoms. The Morgan fingerprint density at radius 1 is 1.14 bits per heavy atom. The lowest BCUT2D eigenvalue weighted by Crippen LogP contribution is -2.36. The van der Waals surface area contributed by atoms with Crippen LogP contribution in [0.2, 0.25) is 0 Å². The molecule has 1 aliphatic rings. The van der Waals surface area contributed by atoms with Gasteiger partial charge in [0.05, 0.1) is 11.1 Å². The summed E-state index contributed by atoms with van der Waals surface area (Å²) in [4.78, 5) is 25.7. The molecule has 0 saturated carbocycles. The van der Waals surface area contributed by atoms with Crippen LogP contribution >= 0.6 is 15.9 Å². The zero-order chi connectivity index (χ0) is 15.4. The van der Waals surface area contributed by atoms with E-state index in [0.717, 1.165) is 17.4 Å². The van der Waals surface area contributed by atoms with Gasteiger partial charge >= 0.3 is 0 Å². The first-order chi connectivity index (χ1) is 10.0. The van der Waals surface area contributed by atoms with Gasteiger partial charge < -0.3 is 5.32 Å². The number of nitrogens with zero attached hydrogens (tertiary/aromatic N) is 1. The Bertz CT molecular complexity index is 543. The lowest BCUT2D eigenvalue weighted by molar-refractivity contribution is 0.0655. The van der Waals surface area contributed by atoms with E-state index in [0.29, 0.717) is 30.1 Å². The van der Waals surface area contributed by atoms with E-state index in [4.69, 9.17) is 0 Å². The standard InChI is InChI=1S/C16H21BrN2O2/c1-11(2)4-3-7-18-8-9-19-15(20)13-6-5-12(17)10-14(13)16(19)21/h5-6,10-11,18H,3-4,7-9H2,1-2H3. The maximum absolute atomic E-state index is 12.2. The second-order valence-electron chi connectivity index (χ2n) is 5.74. The van der Waals surface area contributed by atoms with Crippen LogP contribution in [-0.2, 0) is 0 Å². The van der Waals surface area contributed by atoms with Gasteiger partial charge in [0.25, 0.3) is 11.8 Å². The molecule has 5 heteroatoms. The van der Waals surface area contributed by atoms with Gasteiger partial charge in [0.2, 0.25) is 0 Å². The molecular formula is C16H21BrN2O2. The SMILES string of the molecule is CC(C)CCCNCCN1C(=O)c2ccc(Br)cc2C1=O. The molecule has 2 amide bonds. The molecule has 0 aliphatic carbocycles. The summed E-state index contributed by atoms with van der Waals surface area (Å²) in [7, 11) is 0. The first-order valence-corrected chi connectivity index (χ1v) is 8.16. The van der Waals surface area contributed by atoms with Gasteiger partial charge in [-0.2, -0.15) is 0 Å². The third kappa shape index (κ3) is 3.92. The van der Waals surface area contributed by atoms with E-state index in [2.05, 4.69) is 35.1 Å². The van der Waals surface area contributed by atoms with Crippen molar-refractivity contribution in [3.8, 4) is 0 Å². The highest BCUT2D eigenvalue weighted by atomic mass is 79.9. The summed E-state index contributed by atoms with van der Waals surface area (Å²) in [5, 5.41) is 3.29. The molecular weight excluding hydrogens is 332 g/mol. The normalized spacial score (nSPS) is 14.2. The molecule has 1 aromatic rings. The predicted molar refractivity (Wildman–Crippen MR) is 86.5 cm³/mol. The van der Waals surface area contributed by atoms with Gasteiger partial charge in [-0.3, -0.25) is 14.5 Å². The predicted octanol–water partition coefficient (Wildman–Crippen LogP) is 3.07. The fraction of sp³-hybridized carbons (Fsp3) is 0.500. The number of nitrogens with one attached hydrogen (secondary N) is 1. The van der Waals surface area contributed by atoms with Crippen LogP contribution < -0.4 is 5.32 Å². The second kappa shape index (κ2) is 7.18. The molecule has 1 aliphatic heterocycles. The number of carbonyl (C=O) groups is 2. The Balaban J connectivity index is 1.83. The maximum Gasteiger partial charge on any atom is 0.261 e. The molecule has 1 heterocycles. The Morgan fingerprint density at radius 3 is 2.57 bits per heavy atom. The molecule has 1 aromatic carbocycles. The van der Waals surface area contributed by atoms with Crippen molar-refractivity contribution in [1.29, 1.82) is 0 Å². The van der Waals surface area contributed by atoms with Crippen molar-refractivity contribution in [2.45, 2.75) is 26.7 Å². The molecule has 4 nitrogen and oxygen atoms in total. The average Bonchev–Trinajstić information content (AvgIpc) is 2.66. The fourth-order valence-corrected chi connectivity index (χ4v) is 2.78. The molecule has 0 radical (unpaired) electrons. The molecule has 0 saturated heterocycles. The van der Waals surface area contributed by atoms with E-state index >= 15 is 0 Å². The Kier molecular flexibility index (Phi) is 5.53. The third-order valence-electron chi connectivity index (χ3n) is 3.58. The summed E-state index contributed by atoms with van der Waals surface area (Å²) in [6, 6.07) is 5.21. The van der Waals surface area contributed by atoms with E-state index in [1.54, 1.807) is 18.2 Å². The van der Waals surface area contributed by atoms with Gasteiger partial charge in [-0.05, 0) is 43.5 Å². The zero-order valence-corrected chi connectivity index (χ0v) is 14.1. The summed E-state index contributed by atoms with van der Waals surface area (Å²) >= 11 is 3.33. The van der Waals surface area contributed by atoms with Crippen LogP contribution in [0.3, 0.4) is 0 Å². The van der Waals surface area contributed by atoms with Crippen LogP contribution in [0.1, 0.15) is 47.4 Å². The lowest BCUT2D eigenvalue weighted by Gasteiger charge is -2.14. The summed E-state index contributed by atoms with van der Waals surface area (Å²) in [6.45, 7) is 6.40. The van der Waals surface area contributed by atoms with Crippen LogP contribution in [-0.4, -0.2) is 36.3 Å². The fourth-order valence-electron chi connectivity index (χ4n) is 2.42. The highest BCUT2D eigenvalue weighted by Gasteiger charge is 2.34. The summed E-state index contributed by atoms with van der Waals surface area (Å²) in [5.41, 5.74) is 0.997. The number of halogens is 1. The summed E-state index contributed by atoms with van der Waals surface area (Å²) < 4.78 is 0.816. The van der Waals surface area contributed by atoms with Crippen LogP contribution in [0.5, 0.6) is 0 Å². The molecule has 2 rings (SSSR count). The van der Waals surface area contributed by atoms with Crippen LogP contribution in [0.25, 0.3) is 0 Å². The van der Waals surface area contributed by atoms with Crippen LogP contribution in [0, 0.1) is 5.92 Å². The molecule has 0 unspecified atom stereocenters. The molecule has 0 atom stereocenters. The Hall–Kier alpha value is -1.20. The first kappa shape index (κ1) is 16.2. The average molecular weight is 353 g/mol. The van der Waals surface area contributed by atoms with Crippen molar-refractivity contribution in [3.05, 3.63) is 33.8 Å². The van der Waals surface area contributed by atoms with E-state index in [1.807, 2.05) is 0 Å². The van der Waals surface area contributed by atoms with E-state index in [-0.39, 0.29) is 11.8 Å². The van der Waals surface area contributed by atoms with Gasteiger partial charge in [-0.15, -0.1) is 0 Å². The molecule has 0 aromatic heterocycles. The quantitative estimate of drug-likeness (QED) is 0.605. The van der Waals surface area contributed by atoms with Gasteiger partial charge in [0, 0.05) is 17.6 Å². The minimum Gasteiger partial charge on any atom is -0.315 e. The minimum absolute atomic E-state index is 0.188. The number of benzene rings is 1. The summed E-state index contributed by atoms with van der Waals surface area (Å²) in [5.74, 6) is 0.327. The van der Waals surface area contributed by atoms with Crippen LogP contribution in [0.15, 0.2) is 22.7 Å². The molecule has 0 spiro atoms. The van der Waals surface area contributed by atoms with Crippen molar-refractivity contribution in [3.63, 3.8) is 0 Å². The van der Waals surface area contributed by atoms with Crippen molar-refractivity contribution in [2.75, 3.05) is 19.6 Å². The van der Waals surface area contributed by atoms with Crippen molar-refractivity contribution in [2.24, 2.45) is 5.92 Å². The number of rotatable bonds is 7. The van der Waals surface area contributed by atoms with E-state index in [9.17, 15) is 9.59 Å². The van der Waals surface area contributed by atoms with E-state index < -0.39 is 0 Å². The van der Waals surface area contributed by atoms with Gasteiger partial charge in [-0.1, -0.05) is 29.8 Å². The number of carbonyl (C=O) groups excluding carboxylic acids is 2. The summed E-state index contributed by atoms with van der Waals surface area (Å²) in [6.07, 6.45) is 2.31. The van der Waals surface area contributed by atoms with Crippen molar-refractivity contribution < 1.29 is 9.59 Å². The first-order valence-electron chi connectivity index (χ1n) is 7.37. The Labute approximate surface area is 134 Å². The minimum atomic E-state index is -0.194. The van der Waals surface area contributed by atoms with Crippen molar-refractivity contribution in [1.82, 2.24) is 10.2 Å². The molecule has 114 valence electrons. The molecule has 1 N–H and O–H groups in total. The number of imide groups is 1. The van der Waals surface area contributed by atoms with E-state index in [1.165, 1.54) is 11.3 Å².